The minimum atomic E-state index is 0.302. The third kappa shape index (κ3) is 3.23. The standard InChI is InChI=1S/C19H22N2/c1-2-19(21-13-11-20-12-14-21)18-10-6-9-17(15-18)16-7-4-3-5-8-16/h2-10,15,19-20H,1,11-14H2/t19-/m0/s1. The highest BCUT2D eigenvalue weighted by Crippen LogP contribution is 2.27. The fourth-order valence-corrected chi connectivity index (χ4v) is 2.99. The van der Waals surface area contributed by atoms with Crippen LogP contribution in [-0.2, 0) is 0 Å². The monoisotopic (exact) mass is 278 g/mol. The minimum absolute atomic E-state index is 0.302. The fourth-order valence-electron chi connectivity index (χ4n) is 2.99. The van der Waals surface area contributed by atoms with Crippen molar-refractivity contribution in [3.05, 3.63) is 72.8 Å². The van der Waals surface area contributed by atoms with Gasteiger partial charge in [-0.3, -0.25) is 4.90 Å². The predicted octanol–water partition coefficient (Wildman–Crippen LogP) is 3.49. The second kappa shape index (κ2) is 6.70. The molecule has 1 aliphatic rings. The van der Waals surface area contributed by atoms with E-state index in [2.05, 4.69) is 77.5 Å². The molecule has 1 aliphatic heterocycles. The maximum absolute atomic E-state index is 4.05. The van der Waals surface area contributed by atoms with Gasteiger partial charge in [0.1, 0.15) is 0 Å². The average Bonchev–Trinajstić information content (AvgIpc) is 2.58. The summed E-state index contributed by atoms with van der Waals surface area (Å²) in [6.45, 7) is 8.32. The zero-order chi connectivity index (χ0) is 14.5. The van der Waals surface area contributed by atoms with Crippen molar-refractivity contribution in [1.29, 1.82) is 0 Å². The number of benzene rings is 2. The Balaban J connectivity index is 1.89. The van der Waals surface area contributed by atoms with Crippen LogP contribution in [0.15, 0.2) is 67.3 Å². The van der Waals surface area contributed by atoms with Gasteiger partial charge in [-0.25, -0.2) is 0 Å². The molecule has 1 N–H and O–H groups in total. The highest BCUT2D eigenvalue weighted by atomic mass is 15.2. The third-order valence-corrected chi connectivity index (χ3v) is 4.10. The number of piperazine rings is 1. The molecule has 2 nitrogen and oxygen atoms in total. The molecule has 1 saturated heterocycles. The van der Waals surface area contributed by atoms with Gasteiger partial charge in [-0.1, -0.05) is 54.6 Å². The molecule has 1 fully saturated rings. The van der Waals surface area contributed by atoms with Crippen molar-refractivity contribution in [3.63, 3.8) is 0 Å². The minimum Gasteiger partial charge on any atom is -0.314 e. The van der Waals surface area contributed by atoms with Crippen molar-refractivity contribution in [3.8, 4) is 11.1 Å². The van der Waals surface area contributed by atoms with Crippen molar-refractivity contribution < 1.29 is 0 Å². The SMILES string of the molecule is C=C[C@@H](c1cccc(-c2ccccc2)c1)N1CCNCC1. The molecule has 0 radical (unpaired) electrons. The second-order valence-corrected chi connectivity index (χ2v) is 5.46. The molecule has 2 aromatic carbocycles. The van der Waals surface area contributed by atoms with Crippen LogP contribution in [-0.4, -0.2) is 31.1 Å². The van der Waals surface area contributed by atoms with Crippen LogP contribution in [0.4, 0.5) is 0 Å². The largest absolute Gasteiger partial charge is 0.314 e. The van der Waals surface area contributed by atoms with Crippen molar-refractivity contribution in [2.45, 2.75) is 6.04 Å². The van der Waals surface area contributed by atoms with Gasteiger partial charge in [0.05, 0.1) is 6.04 Å². The number of rotatable bonds is 4. The summed E-state index contributed by atoms with van der Waals surface area (Å²) in [5.41, 5.74) is 3.87. The van der Waals surface area contributed by atoms with Crippen LogP contribution in [0, 0.1) is 0 Å². The topological polar surface area (TPSA) is 15.3 Å². The number of nitrogens with one attached hydrogen (secondary N) is 1. The van der Waals surface area contributed by atoms with E-state index in [9.17, 15) is 0 Å². The molecular formula is C19H22N2. The van der Waals surface area contributed by atoms with Gasteiger partial charge in [-0.05, 0) is 22.8 Å². The summed E-state index contributed by atoms with van der Waals surface area (Å²) in [6, 6.07) is 19.7. The normalized spacial score (nSPS) is 17.3. The molecule has 2 aromatic rings. The molecule has 3 rings (SSSR count). The van der Waals surface area contributed by atoms with Crippen molar-refractivity contribution in [1.82, 2.24) is 10.2 Å². The summed E-state index contributed by atoms with van der Waals surface area (Å²) in [5.74, 6) is 0. The summed E-state index contributed by atoms with van der Waals surface area (Å²) < 4.78 is 0. The molecule has 0 saturated carbocycles. The van der Waals surface area contributed by atoms with E-state index in [0.717, 1.165) is 26.2 Å². The van der Waals surface area contributed by atoms with Gasteiger partial charge in [-0.15, -0.1) is 6.58 Å². The van der Waals surface area contributed by atoms with Crippen LogP contribution in [0.2, 0.25) is 0 Å². The Labute approximate surface area is 127 Å². The molecule has 0 unspecified atom stereocenters. The molecule has 108 valence electrons. The number of nitrogens with zero attached hydrogens (tertiary/aromatic N) is 1. The van der Waals surface area contributed by atoms with E-state index < -0.39 is 0 Å². The van der Waals surface area contributed by atoms with E-state index in [-0.39, 0.29) is 0 Å². The first-order valence-corrected chi connectivity index (χ1v) is 7.61. The van der Waals surface area contributed by atoms with Gasteiger partial charge in [0, 0.05) is 26.2 Å². The molecule has 0 aliphatic carbocycles. The van der Waals surface area contributed by atoms with E-state index >= 15 is 0 Å². The lowest BCUT2D eigenvalue weighted by atomic mass is 9.98. The van der Waals surface area contributed by atoms with Crippen LogP contribution >= 0.6 is 0 Å². The van der Waals surface area contributed by atoms with Crippen LogP contribution in [0.25, 0.3) is 11.1 Å². The van der Waals surface area contributed by atoms with Crippen LogP contribution in [0.3, 0.4) is 0 Å². The van der Waals surface area contributed by atoms with E-state index in [0.29, 0.717) is 6.04 Å². The lowest BCUT2D eigenvalue weighted by Crippen LogP contribution is -2.44. The van der Waals surface area contributed by atoms with E-state index in [1.165, 1.54) is 16.7 Å². The summed E-state index contributed by atoms with van der Waals surface area (Å²) in [5, 5.41) is 3.41. The summed E-state index contributed by atoms with van der Waals surface area (Å²) in [6.07, 6.45) is 2.06. The first-order valence-electron chi connectivity index (χ1n) is 7.61. The highest BCUT2D eigenvalue weighted by molar-refractivity contribution is 5.64. The highest BCUT2D eigenvalue weighted by Gasteiger charge is 2.19. The average molecular weight is 278 g/mol. The molecule has 1 atom stereocenters. The summed E-state index contributed by atoms with van der Waals surface area (Å²) in [7, 11) is 0. The maximum Gasteiger partial charge on any atom is 0.0530 e. The molecule has 0 spiro atoms. The van der Waals surface area contributed by atoms with Gasteiger partial charge in [0.15, 0.2) is 0 Å². The molecule has 2 heteroatoms. The van der Waals surface area contributed by atoms with Gasteiger partial charge < -0.3 is 5.32 Å². The third-order valence-electron chi connectivity index (χ3n) is 4.10. The molecule has 0 bridgehead atoms. The van der Waals surface area contributed by atoms with Crippen LogP contribution < -0.4 is 5.32 Å². The van der Waals surface area contributed by atoms with Crippen LogP contribution in [0.5, 0.6) is 0 Å². The smallest absolute Gasteiger partial charge is 0.0530 e. The van der Waals surface area contributed by atoms with Crippen molar-refractivity contribution in [2.24, 2.45) is 0 Å². The van der Waals surface area contributed by atoms with Gasteiger partial charge in [0.25, 0.3) is 0 Å². The Morgan fingerprint density at radius 3 is 2.38 bits per heavy atom. The summed E-state index contributed by atoms with van der Waals surface area (Å²) >= 11 is 0. The van der Waals surface area contributed by atoms with E-state index in [1.54, 1.807) is 0 Å². The molecule has 0 aromatic heterocycles. The Hall–Kier alpha value is -1.90. The predicted molar refractivity (Wildman–Crippen MR) is 89.3 cm³/mol. The first-order chi connectivity index (χ1) is 10.4. The van der Waals surface area contributed by atoms with E-state index in [4.69, 9.17) is 0 Å². The zero-order valence-electron chi connectivity index (χ0n) is 12.3. The lowest BCUT2D eigenvalue weighted by molar-refractivity contribution is 0.203. The fraction of sp³-hybridized carbons (Fsp3) is 0.263. The Kier molecular flexibility index (Phi) is 4.49. The molecule has 21 heavy (non-hydrogen) atoms. The second-order valence-electron chi connectivity index (χ2n) is 5.46. The van der Waals surface area contributed by atoms with Gasteiger partial charge in [-0.2, -0.15) is 0 Å². The molecule has 1 heterocycles. The van der Waals surface area contributed by atoms with E-state index in [1.807, 2.05) is 0 Å². The first kappa shape index (κ1) is 14.1. The molecular weight excluding hydrogens is 256 g/mol. The van der Waals surface area contributed by atoms with Crippen molar-refractivity contribution in [2.75, 3.05) is 26.2 Å². The maximum atomic E-state index is 4.05. The number of hydrogen-bond donors (Lipinski definition) is 1. The Bertz CT molecular complexity index is 586. The lowest BCUT2D eigenvalue weighted by Gasteiger charge is -2.33. The molecule has 0 amide bonds. The number of hydrogen-bond acceptors (Lipinski definition) is 2. The van der Waals surface area contributed by atoms with Crippen molar-refractivity contribution >= 4 is 0 Å². The summed E-state index contributed by atoms with van der Waals surface area (Å²) in [4.78, 5) is 2.49. The quantitative estimate of drug-likeness (QED) is 0.861. The Morgan fingerprint density at radius 2 is 1.67 bits per heavy atom. The Morgan fingerprint density at radius 1 is 0.952 bits per heavy atom. The van der Waals surface area contributed by atoms with Gasteiger partial charge in [0.2, 0.25) is 0 Å². The zero-order valence-corrected chi connectivity index (χ0v) is 12.3. The van der Waals surface area contributed by atoms with Gasteiger partial charge >= 0.3 is 0 Å². The van der Waals surface area contributed by atoms with Crippen LogP contribution in [0.1, 0.15) is 11.6 Å².